The number of anilines is 1. The Hall–Kier alpha value is -4.67. The van der Waals surface area contributed by atoms with Gasteiger partial charge in [-0.05, 0) is 42.8 Å². The van der Waals surface area contributed by atoms with Crippen molar-refractivity contribution in [1.29, 1.82) is 0 Å². The molecule has 35 heavy (non-hydrogen) atoms. The van der Waals surface area contributed by atoms with Crippen LogP contribution in [0, 0.1) is 18.8 Å². The van der Waals surface area contributed by atoms with Gasteiger partial charge in [0.05, 0.1) is 11.8 Å². The summed E-state index contributed by atoms with van der Waals surface area (Å²) in [6, 6.07) is 10.2. The van der Waals surface area contributed by atoms with Gasteiger partial charge in [0.2, 0.25) is 11.9 Å². The van der Waals surface area contributed by atoms with Gasteiger partial charge in [-0.3, -0.25) is 14.3 Å². The lowest BCUT2D eigenvalue weighted by Gasteiger charge is -2.13. The van der Waals surface area contributed by atoms with Crippen molar-refractivity contribution in [3.63, 3.8) is 0 Å². The summed E-state index contributed by atoms with van der Waals surface area (Å²) in [5.41, 5.74) is 1.50. The number of amides is 2. The second kappa shape index (κ2) is 10.1. The van der Waals surface area contributed by atoms with Gasteiger partial charge in [-0.2, -0.15) is 18.9 Å². The molecule has 2 N–H and O–H groups in total. The average Bonchev–Trinajstić information content (AvgIpc) is 3.25. The Labute approximate surface area is 198 Å². The first-order valence-electron chi connectivity index (χ1n) is 10.4. The van der Waals surface area contributed by atoms with Crippen molar-refractivity contribution in [3.05, 3.63) is 95.2 Å². The van der Waals surface area contributed by atoms with Crippen molar-refractivity contribution >= 4 is 17.6 Å². The molecule has 0 saturated heterocycles. The Morgan fingerprint density at radius 1 is 1.09 bits per heavy atom. The van der Waals surface area contributed by atoms with Crippen molar-refractivity contribution in [3.8, 4) is 11.5 Å². The maximum atomic E-state index is 13.3. The Kier molecular flexibility index (Phi) is 6.76. The molecule has 0 bridgehead atoms. The van der Waals surface area contributed by atoms with Gasteiger partial charge in [0.1, 0.15) is 17.3 Å². The first-order valence-corrected chi connectivity index (χ1v) is 10.4. The van der Waals surface area contributed by atoms with E-state index < -0.39 is 17.8 Å². The van der Waals surface area contributed by atoms with Crippen molar-refractivity contribution in [2.45, 2.75) is 13.5 Å². The van der Waals surface area contributed by atoms with E-state index in [9.17, 15) is 18.4 Å². The minimum absolute atomic E-state index is 0.0793. The molecular weight excluding hydrogens is 458 g/mol. The topological polar surface area (TPSA) is 111 Å². The minimum atomic E-state index is -0.964. The molecule has 0 aliphatic heterocycles. The number of ether oxygens (including phenoxy) is 1. The normalized spacial score (nSPS) is 10.6. The SMILES string of the molecule is Cc1c(Oc2ccnc(NC(=O)c3cnn(C)c3)c2)cccc1C(=O)NCc1cc(F)nc(F)c1. The third kappa shape index (κ3) is 5.82. The van der Waals surface area contributed by atoms with Crippen LogP contribution in [-0.4, -0.2) is 31.6 Å². The summed E-state index contributed by atoms with van der Waals surface area (Å²) in [5.74, 6) is -1.65. The van der Waals surface area contributed by atoms with E-state index in [2.05, 4.69) is 25.7 Å². The lowest BCUT2D eigenvalue weighted by molar-refractivity contribution is 0.0949. The fourth-order valence-corrected chi connectivity index (χ4v) is 3.26. The van der Waals surface area contributed by atoms with Crippen LogP contribution < -0.4 is 15.4 Å². The number of nitrogens with zero attached hydrogens (tertiary/aromatic N) is 4. The molecule has 9 nitrogen and oxygen atoms in total. The first kappa shape index (κ1) is 23.5. The average molecular weight is 478 g/mol. The smallest absolute Gasteiger partial charge is 0.260 e. The maximum absolute atomic E-state index is 13.3. The van der Waals surface area contributed by atoms with Gasteiger partial charge in [0.15, 0.2) is 0 Å². The van der Waals surface area contributed by atoms with Gasteiger partial charge >= 0.3 is 0 Å². The van der Waals surface area contributed by atoms with Gasteiger partial charge in [-0.1, -0.05) is 6.07 Å². The van der Waals surface area contributed by atoms with E-state index in [1.165, 1.54) is 17.1 Å². The quantitative estimate of drug-likeness (QED) is 0.391. The molecule has 0 atom stereocenters. The fraction of sp³-hybridized carbons (Fsp3) is 0.125. The molecule has 1 aromatic carbocycles. The van der Waals surface area contributed by atoms with E-state index in [4.69, 9.17) is 4.74 Å². The number of carbonyl (C=O) groups excluding carboxylic acids is 2. The number of nitrogens with one attached hydrogen (secondary N) is 2. The van der Waals surface area contributed by atoms with E-state index in [1.54, 1.807) is 50.5 Å². The molecule has 4 rings (SSSR count). The molecule has 2 amide bonds. The molecule has 3 aromatic heterocycles. The van der Waals surface area contributed by atoms with Crippen LogP contribution >= 0.6 is 0 Å². The number of aromatic nitrogens is 4. The number of rotatable bonds is 7. The van der Waals surface area contributed by atoms with Crippen LogP contribution in [-0.2, 0) is 13.6 Å². The van der Waals surface area contributed by atoms with Crippen LogP contribution in [0.1, 0.15) is 31.8 Å². The molecule has 0 radical (unpaired) electrons. The number of halogens is 2. The minimum Gasteiger partial charge on any atom is -0.457 e. The van der Waals surface area contributed by atoms with E-state index >= 15 is 0 Å². The molecule has 11 heteroatoms. The Morgan fingerprint density at radius 2 is 1.86 bits per heavy atom. The number of benzene rings is 1. The highest BCUT2D eigenvalue weighted by Gasteiger charge is 2.15. The second-order valence-corrected chi connectivity index (χ2v) is 7.57. The molecular formula is C24H20F2N6O3. The van der Waals surface area contributed by atoms with Gasteiger partial charge in [0.25, 0.3) is 11.8 Å². The molecule has 4 aromatic rings. The van der Waals surface area contributed by atoms with Crippen LogP contribution in [0.5, 0.6) is 11.5 Å². The zero-order valence-corrected chi connectivity index (χ0v) is 18.8. The lowest BCUT2D eigenvalue weighted by Crippen LogP contribution is -2.24. The fourth-order valence-electron chi connectivity index (χ4n) is 3.26. The predicted molar refractivity (Wildman–Crippen MR) is 122 cm³/mol. The van der Waals surface area contributed by atoms with Crippen molar-refractivity contribution in [2.75, 3.05) is 5.32 Å². The molecule has 3 heterocycles. The van der Waals surface area contributed by atoms with Crippen molar-refractivity contribution in [2.24, 2.45) is 7.05 Å². The number of hydrogen-bond donors (Lipinski definition) is 2. The summed E-state index contributed by atoms with van der Waals surface area (Å²) in [6.45, 7) is 1.63. The number of carbonyl (C=O) groups is 2. The highest BCUT2D eigenvalue weighted by molar-refractivity contribution is 6.03. The molecule has 0 aliphatic rings. The van der Waals surface area contributed by atoms with E-state index in [1.807, 2.05) is 0 Å². The third-order valence-electron chi connectivity index (χ3n) is 4.97. The molecule has 0 unspecified atom stereocenters. The summed E-state index contributed by atoms with van der Waals surface area (Å²) in [6.07, 6.45) is 4.50. The highest BCUT2D eigenvalue weighted by atomic mass is 19.1. The Bertz CT molecular complexity index is 1390. The molecule has 0 saturated carbocycles. The second-order valence-electron chi connectivity index (χ2n) is 7.57. The van der Waals surface area contributed by atoms with Gasteiger partial charge in [-0.25, -0.2) is 4.98 Å². The van der Waals surface area contributed by atoms with Crippen molar-refractivity contribution in [1.82, 2.24) is 25.1 Å². The summed E-state index contributed by atoms with van der Waals surface area (Å²) in [7, 11) is 1.71. The third-order valence-corrected chi connectivity index (χ3v) is 4.97. The van der Waals surface area contributed by atoms with Gasteiger partial charge in [0, 0.05) is 43.2 Å². The summed E-state index contributed by atoms with van der Waals surface area (Å²) in [5, 5.41) is 9.27. The van der Waals surface area contributed by atoms with Gasteiger partial charge < -0.3 is 15.4 Å². The first-order chi connectivity index (χ1) is 16.8. The van der Waals surface area contributed by atoms with Crippen LogP contribution in [0.4, 0.5) is 14.6 Å². The van der Waals surface area contributed by atoms with E-state index in [0.29, 0.717) is 28.2 Å². The molecule has 0 spiro atoms. The van der Waals surface area contributed by atoms with Gasteiger partial charge in [-0.15, -0.1) is 0 Å². The number of aryl methyl sites for hydroxylation is 1. The van der Waals surface area contributed by atoms with E-state index in [0.717, 1.165) is 12.1 Å². The van der Waals surface area contributed by atoms with Crippen molar-refractivity contribution < 1.29 is 23.1 Å². The molecule has 178 valence electrons. The largest absolute Gasteiger partial charge is 0.457 e. The number of hydrogen-bond acceptors (Lipinski definition) is 6. The lowest BCUT2D eigenvalue weighted by atomic mass is 10.1. The Balaban J connectivity index is 1.45. The monoisotopic (exact) mass is 478 g/mol. The highest BCUT2D eigenvalue weighted by Crippen LogP contribution is 2.28. The van der Waals surface area contributed by atoms with Crippen LogP contribution in [0.15, 0.2) is 61.1 Å². The maximum Gasteiger partial charge on any atom is 0.260 e. The van der Waals surface area contributed by atoms with E-state index in [-0.39, 0.29) is 23.8 Å². The summed E-state index contributed by atoms with van der Waals surface area (Å²) >= 11 is 0. The summed E-state index contributed by atoms with van der Waals surface area (Å²) < 4.78 is 34.0. The molecule has 0 aliphatic carbocycles. The standard InChI is InChI=1S/C24H20F2N6O3/c1-14-18(24(34)28-11-15-8-20(25)30-21(26)9-15)4-3-5-19(14)35-17-6-7-27-22(10-17)31-23(33)16-12-29-32(2)13-16/h3-10,12-13H,11H2,1-2H3,(H,28,34)(H,27,31,33). The van der Waals surface area contributed by atoms with Crippen LogP contribution in [0.2, 0.25) is 0 Å². The predicted octanol–water partition coefficient (Wildman–Crippen LogP) is 3.77. The van der Waals surface area contributed by atoms with Crippen LogP contribution in [0.3, 0.4) is 0 Å². The zero-order valence-electron chi connectivity index (χ0n) is 18.8. The Morgan fingerprint density at radius 3 is 2.57 bits per heavy atom. The molecule has 0 fully saturated rings. The summed E-state index contributed by atoms with van der Waals surface area (Å²) in [4.78, 5) is 32.2. The number of pyridine rings is 2. The van der Waals surface area contributed by atoms with Crippen LogP contribution in [0.25, 0.3) is 0 Å². The zero-order chi connectivity index (χ0) is 24.9.